The lowest BCUT2D eigenvalue weighted by molar-refractivity contribution is 0.0588. The summed E-state index contributed by atoms with van der Waals surface area (Å²) in [6.45, 7) is 1.97. The van der Waals surface area contributed by atoms with Crippen LogP contribution in [0.5, 0.6) is 11.5 Å². The molecular formula is C33H31N5O5S. The standard InChI is InChI=1S/C33H31N5O5S/c1-37-17-18-38(33(40)36-32-35-25-11-6-7-12-29(25)44-32)27-21-22(13-15-26(27)37)24-14-16-28(30(34-24)31(39)41-2)43-20-8-19-42-23-9-4-3-5-10-23/h3-7,9-16,21H,8,17-20H2,1-2H3,(H,35,36,40). The number of methoxy groups -OCH3 is 1. The first kappa shape index (κ1) is 28.9. The fraction of sp³-hybridized carbons (Fsp3) is 0.212. The number of nitrogens with zero attached hydrogens (tertiary/aromatic N) is 4. The van der Waals surface area contributed by atoms with Gasteiger partial charge in [0.1, 0.15) is 5.75 Å². The van der Waals surface area contributed by atoms with Crippen LogP contribution in [0, 0.1) is 0 Å². The maximum absolute atomic E-state index is 13.5. The zero-order valence-corrected chi connectivity index (χ0v) is 25.2. The number of ether oxygens (including phenoxy) is 3. The molecule has 0 atom stereocenters. The minimum absolute atomic E-state index is 0.0780. The molecule has 0 unspecified atom stereocenters. The van der Waals surface area contributed by atoms with Crippen LogP contribution in [0.25, 0.3) is 21.5 Å². The molecule has 3 aromatic carbocycles. The van der Waals surface area contributed by atoms with E-state index in [1.165, 1.54) is 18.4 Å². The Balaban J connectivity index is 1.20. The number of hydrogen-bond acceptors (Lipinski definition) is 9. The largest absolute Gasteiger partial charge is 0.493 e. The fourth-order valence-electron chi connectivity index (χ4n) is 4.92. The molecule has 5 aromatic rings. The molecule has 0 saturated heterocycles. The minimum Gasteiger partial charge on any atom is -0.493 e. The van der Waals surface area contributed by atoms with Gasteiger partial charge in [0, 0.05) is 32.1 Å². The van der Waals surface area contributed by atoms with E-state index >= 15 is 0 Å². The monoisotopic (exact) mass is 609 g/mol. The number of amides is 2. The number of anilines is 3. The first-order chi connectivity index (χ1) is 21.5. The molecule has 1 N–H and O–H groups in total. The zero-order chi connectivity index (χ0) is 30.5. The van der Waals surface area contributed by atoms with E-state index in [2.05, 4.69) is 20.2 Å². The average Bonchev–Trinajstić information content (AvgIpc) is 3.47. The molecule has 11 heteroatoms. The number of likely N-dealkylation sites (N-methyl/N-ethyl adjacent to an activating group) is 1. The van der Waals surface area contributed by atoms with Crippen molar-refractivity contribution in [2.24, 2.45) is 0 Å². The maximum Gasteiger partial charge on any atom is 0.360 e. The van der Waals surface area contributed by atoms with Gasteiger partial charge < -0.3 is 19.1 Å². The normalized spacial score (nSPS) is 12.5. The molecule has 0 radical (unpaired) electrons. The molecule has 2 amide bonds. The number of thiazole rings is 1. The van der Waals surface area contributed by atoms with Crippen LogP contribution in [0.2, 0.25) is 0 Å². The molecular weight excluding hydrogens is 578 g/mol. The van der Waals surface area contributed by atoms with Crippen LogP contribution in [0.3, 0.4) is 0 Å². The van der Waals surface area contributed by atoms with Crippen LogP contribution >= 0.6 is 11.3 Å². The van der Waals surface area contributed by atoms with Gasteiger partial charge in [-0.15, -0.1) is 0 Å². The summed E-state index contributed by atoms with van der Waals surface area (Å²) in [5, 5.41) is 3.51. The van der Waals surface area contributed by atoms with Gasteiger partial charge in [0.25, 0.3) is 0 Å². The Hall–Kier alpha value is -5.16. The second kappa shape index (κ2) is 13.0. The first-order valence-corrected chi connectivity index (χ1v) is 15.0. The molecule has 1 aliphatic rings. The summed E-state index contributed by atoms with van der Waals surface area (Å²) in [7, 11) is 3.30. The Morgan fingerprint density at radius 3 is 2.50 bits per heavy atom. The van der Waals surface area contributed by atoms with E-state index in [0.717, 1.165) is 32.9 Å². The van der Waals surface area contributed by atoms with Gasteiger partial charge in [-0.1, -0.05) is 47.7 Å². The highest BCUT2D eigenvalue weighted by molar-refractivity contribution is 7.22. The molecule has 3 heterocycles. The van der Waals surface area contributed by atoms with E-state index in [1.54, 1.807) is 17.0 Å². The van der Waals surface area contributed by atoms with Gasteiger partial charge in [0.15, 0.2) is 16.6 Å². The van der Waals surface area contributed by atoms with Crippen LogP contribution in [-0.2, 0) is 4.74 Å². The lowest BCUT2D eigenvalue weighted by Gasteiger charge is -2.35. The third-order valence-corrected chi connectivity index (χ3v) is 8.13. The highest BCUT2D eigenvalue weighted by Crippen LogP contribution is 2.37. The van der Waals surface area contributed by atoms with Crippen LogP contribution < -0.4 is 24.6 Å². The van der Waals surface area contributed by atoms with Crippen molar-refractivity contribution in [3.05, 3.63) is 90.6 Å². The molecule has 224 valence electrons. The summed E-state index contributed by atoms with van der Waals surface area (Å²) in [5.41, 5.74) is 3.85. The predicted molar refractivity (Wildman–Crippen MR) is 172 cm³/mol. The third-order valence-electron chi connectivity index (χ3n) is 7.18. The fourth-order valence-corrected chi connectivity index (χ4v) is 5.78. The summed E-state index contributed by atoms with van der Waals surface area (Å²) >= 11 is 1.43. The SMILES string of the molecule is COC(=O)c1nc(-c2ccc3c(c2)N(C(=O)Nc2nc4ccccc4s2)CCN3C)ccc1OCCCOc1ccccc1. The molecule has 6 rings (SSSR count). The number of pyridine rings is 1. The number of esters is 1. The van der Waals surface area contributed by atoms with Gasteiger partial charge in [-0.25, -0.2) is 19.6 Å². The first-order valence-electron chi connectivity index (χ1n) is 14.2. The number of nitrogens with one attached hydrogen (secondary N) is 1. The molecule has 0 aliphatic carbocycles. The summed E-state index contributed by atoms with van der Waals surface area (Å²) in [6.07, 6.45) is 0.616. The van der Waals surface area contributed by atoms with E-state index in [4.69, 9.17) is 14.2 Å². The van der Waals surface area contributed by atoms with Crippen LogP contribution in [-0.4, -0.2) is 62.4 Å². The second-order valence-corrected chi connectivity index (χ2v) is 11.1. The van der Waals surface area contributed by atoms with Gasteiger partial charge in [0.2, 0.25) is 0 Å². The molecule has 1 aliphatic heterocycles. The molecule has 2 aromatic heterocycles. The summed E-state index contributed by atoms with van der Waals surface area (Å²) in [4.78, 5) is 39.1. The number of hydrogen-bond donors (Lipinski definition) is 1. The van der Waals surface area contributed by atoms with Gasteiger partial charge in [-0.2, -0.15) is 0 Å². The van der Waals surface area contributed by atoms with Crippen molar-refractivity contribution in [2.75, 3.05) is 55.6 Å². The number of aromatic nitrogens is 2. The minimum atomic E-state index is -0.600. The van der Waals surface area contributed by atoms with Crippen molar-refractivity contribution in [2.45, 2.75) is 6.42 Å². The Morgan fingerprint density at radius 1 is 0.886 bits per heavy atom. The van der Waals surface area contributed by atoms with E-state index in [0.29, 0.717) is 49.3 Å². The number of para-hydroxylation sites is 2. The second-order valence-electron chi connectivity index (χ2n) is 10.1. The van der Waals surface area contributed by atoms with Gasteiger partial charge >= 0.3 is 12.0 Å². The Kier molecular flexibility index (Phi) is 8.55. The molecule has 44 heavy (non-hydrogen) atoms. The summed E-state index contributed by atoms with van der Waals surface area (Å²) < 4.78 is 17.6. The molecule has 0 bridgehead atoms. The van der Waals surface area contributed by atoms with Crippen LogP contribution in [0.1, 0.15) is 16.9 Å². The lowest BCUT2D eigenvalue weighted by atomic mass is 10.1. The predicted octanol–water partition coefficient (Wildman–Crippen LogP) is 6.48. The Labute approximate surface area is 258 Å². The quantitative estimate of drug-likeness (QED) is 0.150. The van der Waals surface area contributed by atoms with E-state index in [1.807, 2.05) is 79.8 Å². The number of fused-ring (bicyclic) bond motifs is 2. The number of carbonyl (C=O) groups is 2. The highest BCUT2D eigenvalue weighted by atomic mass is 32.1. The average molecular weight is 610 g/mol. The number of rotatable bonds is 9. The highest BCUT2D eigenvalue weighted by Gasteiger charge is 2.27. The molecule has 0 saturated carbocycles. The number of urea groups is 1. The van der Waals surface area contributed by atoms with Crippen molar-refractivity contribution < 1.29 is 23.8 Å². The lowest BCUT2D eigenvalue weighted by Crippen LogP contribution is -2.44. The Bertz CT molecular complexity index is 1760. The van der Waals surface area contributed by atoms with Crippen molar-refractivity contribution in [3.8, 4) is 22.8 Å². The van der Waals surface area contributed by atoms with Crippen molar-refractivity contribution in [3.63, 3.8) is 0 Å². The van der Waals surface area contributed by atoms with E-state index < -0.39 is 5.97 Å². The number of carbonyl (C=O) groups excluding carboxylic acids is 2. The molecule has 0 spiro atoms. The van der Waals surface area contributed by atoms with E-state index in [9.17, 15) is 9.59 Å². The summed E-state index contributed by atoms with van der Waals surface area (Å²) in [6, 6.07) is 26.4. The van der Waals surface area contributed by atoms with Crippen molar-refractivity contribution in [1.82, 2.24) is 9.97 Å². The topological polar surface area (TPSA) is 106 Å². The Morgan fingerprint density at radius 2 is 1.68 bits per heavy atom. The number of benzene rings is 3. The summed E-state index contributed by atoms with van der Waals surface area (Å²) in [5.74, 6) is 0.518. The van der Waals surface area contributed by atoms with Crippen molar-refractivity contribution in [1.29, 1.82) is 0 Å². The van der Waals surface area contributed by atoms with Gasteiger partial charge in [-0.05, 0) is 48.5 Å². The van der Waals surface area contributed by atoms with Crippen molar-refractivity contribution >= 4 is 50.1 Å². The van der Waals surface area contributed by atoms with Crippen LogP contribution in [0.15, 0.2) is 84.9 Å². The van der Waals surface area contributed by atoms with Crippen LogP contribution in [0.4, 0.5) is 21.3 Å². The third kappa shape index (κ3) is 6.28. The molecule has 0 fully saturated rings. The van der Waals surface area contributed by atoms with Gasteiger partial charge in [0.05, 0.1) is 47.6 Å². The smallest absolute Gasteiger partial charge is 0.360 e. The van der Waals surface area contributed by atoms with Gasteiger partial charge in [-0.3, -0.25) is 10.2 Å². The molecule has 10 nitrogen and oxygen atoms in total. The zero-order valence-electron chi connectivity index (χ0n) is 24.4. The maximum atomic E-state index is 13.5. The van der Waals surface area contributed by atoms with E-state index in [-0.39, 0.29) is 11.7 Å².